The molecule has 0 amide bonds. The molecule has 0 saturated carbocycles. The topological polar surface area (TPSA) is 99.6 Å². The second kappa shape index (κ2) is 8.36. The van der Waals surface area contributed by atoms with Gasteiger partial charge in [-0.3, -0.25) is 10.1 Å². The first-order valence-electron chi connectivity index (χ1n) is 9.08. The van der Waals surface area contributed by atoms with E-state index in [0.717, 1.165) is 22.4 Å². The van der Waals surface area contributed by atoms with Crippen molar-refractivity contribution < 1.29 is 14.6 Å². The molecule has 0 spiro atoms. The van der Waals surface area contributed by atoms with E-state index in [1.165, 1.54) is 18.2 Å². The van der Waals surface area contributed by atoms with E-state index in [-0.39, 0.29) is 11.3 Å². The maximum atomic E-state index is 12.4. The lowest BCUT2D eigenvalue weighted by Crippen LogP contribution is -2.13. The molecule has 3 aromatic carbocycles. The Balaban J connectivity index is 1.65. The molecule has 30 heavy (non-hydrogen) atoms. The highest BCUT2D eigenvalue weighted by molar-refractivity contribution is 6.03. The maximum Gasteiger partial charge on any atom is 0.365 e. The molecule has 0 N–H and O–H groups in total. The van der Waals surface area contributed by atoms with Crippen LogP contribution in [0.5, 0.6) is 0 Å². The van der Waals surface area contributed by atoms with E-state index in [1.54, 1.807) is 23.3 Å². The maximum absolute atomic E-state index is 12.4. The van der Waals surface area contributed by atoms with Gasteiger partial charge in [-0.05, 0) is 22.9 Å². The van der Waals surface area contributed by atoms with Crippen LogP contribution < -0.4 is 0 Å². The average molecular weight is 400 g/mol. The number of imidazole rings is 1. The van der Waals surface area contributed by atoms with Crippen molar-refractivity contribution in [3.63, 3.8) is 0 Å². The van der Waals surface area contributed by atoms with E-state index in [4.69, 9.17) is 4.84 Å². The van der Waals surface area contributed by atoms with Gasteiger partial charge in [0.2, 0.25) is 0 Å². The lowest BCUT2D eigenvalue weighted by atomic mass is 10.0. The summed E-state index contributed by atoms with van der Waals surface area (Å²) in [6.45, 7) is 0.334. The smallest absolute Gasteiger partial charge is 0.331 e. The van der Waals surface area contributed by atoms with Crippen LogP contribution in [0.1, 0.15) is 15.9 Å². The van der Waals surface area contributed by atoms with E-state index in [2.05, 4.69) is 10.1 Å². The molecule has 1 heterocycles. The Morgan fingerprint density at radius 1 is 1.03 bits per heavy atom. The SMILES string of the molecule is O=C(O/N=C(/Cn1ccnc1)c1ccc2ccccc2c1)c1cccc([N+](=O)[O-])c1. The van der Waals surface area contributed by atoms with Gasteiger partial charge in [-0.2, -0.15) is 0 Å². The second-order valence-corrected chi connectivity index (χ2v) is 6.52. The number of nitro benzene ring substituents is 1. The number of rotatable bonds is 6. The molecule has 0 aliphatic carbocycles. The molecule has 0 atom stereocenters. The number of fused-ring (bicyclic) bond motifs is 1. The highest BCUT2D eigenvalue weighted by Crippen LogP contribution is 2.18. The van der Waals surface area contributed by atoms with Gasteiger partial charge in [-0.15, -0.1) is 0 Å². The molecule has 4 aromatic rings. The van der Waals surface area contributed by atoms with Crippen molar-refractivity contribution in [3.05, 3.63) is 107 Å². The van der Waals surface area contributed by atoms with Gasteiger partial charge in [-0.25, -0.2) is 9.78 Å². The van der Waals surface area contributed by atoms with E-state index >= 15 is 0 Å². The number of benzene rings is 3. The van der Waals surface area contributed by atoms with Crippen LogP contribution in [0.4, 0.5) is 5.69 Å². The molecule has 0 unspecified atom stereocenters. The third-order valence-electron chi connectivity index (χ3n) is 4.51. The number of aromatic nitrogens is 2. The van der Waals surface area contributed by atoms with Gasteiger partial charge in [-0.1, -0.05) is 47.6 Å². The van der Waals surface area contributed by atoms with Crippen molar-refractivity contribution in [2.75, 3.05) is 0 Å². The van der Waals surface area contributed by atoms with Gasteiger partial charge in [0.15, 0.2) is 0 Å². The van der Waals surface area contributed by atoms with Crippen molar-refractivity contribution in [2.45, 2.75) is 6.54 Å². The van der Waals surface area contributed by atoms with Crippen LogP contribution in [0.2, 0.25) is 0 Å². The Bertz CT molecular complexity index is 1250. The van der Waals surface area contributed by atoms with Crippen LogP contribution in [-0.2, 0) is 11.4 Å². The zero-order valence-corrected chi connectivity index (χ0v) is 15.7. The number of non-ortho nitro benzene ring substituents is 1. The number of hydrogen-bond acceptors (Lipinski definition) is 6. The van der Waals surface area contributed by atoms with Crippen molar-refractivity contribution in [1.82, 2.24) is 9.55 Å². The third kappa shape index (κ3) is 4.22. The minimum atomic E-state index is -0.775. The highest BCUT2D eigenvalue weighted by atomic mass is 16.7. The molecule has 8 heteroatoms. The van der Waals surface area contributed by atoms with Crippen LogP contribution >= 0.6 is 0 Å². The Morgan fingerprint density at radius 2 is 1.87 bits per heavy atom. The summed E-state index contributed by atoms with van der Waals surface area (Å²) in [6, 6.07) is 19.1. The van der Waals surface area contributed by atoms with Crippen molar-refractivity contribution in [3.8, 4) is 0 Å². The van der Waals surface area contributed by atoms with Crippen molar-refractivity contribution in [2.24, 2.45) is 5.16 Å². The Hall–Kier alpha value is -4.33. The first kappa shape index (κ1) is 19.0. The van der Waals surface area contributed by atoms with Gasteiger partial charge in [0.05, 0.1) is 23.4 Å². The lowest BCUT2D eigenvalue weighted by Gasteiger charge is -2.09. The summed E-state index contributed by atoms with van der Waals surface area (Å²) in [5, 5.41) is 17.1. The summed E-state index contributed by atoms with van der Waals surface area (Å²) >= 11 is 0. The number of carbonyl (C=O) groups excluding carboxylic acids is 1. The van der Waals surface area contributed by atoms with Crippen LogP contribution in [-0.4, -0.2) is 26.2 Å². The standard InChI is InChI=1S/C22H16N4O4/c27-22(19-6-3-7-20(13-19)26(28)29)30-24-21(14-25-11-10-23-15-25)18-9-8-16-4-1-2-5-17(16)12-18/h1-13,15H,14H2/b24-21-. The fourth-order valence-corrected chi connectivity index (χ4v) is 2.99. The number of carbonyl (C=O) groups is 1. The Labute approximate surface area is 171 Å². The molecule has 4 rings (SSSR count). The molecule has 0 fully saturated rings. The van der Waals surface area contributed by atoms with Gasteiger partial charge in [0.25, 0.3) is 5.69 Å². The number of nitrogens with zero attached hydrogens (tertiary/aromatic N) is 4. The predicted molar refractivity (Wildman–Crippen MR) is 111 cm³/mol. The largest absolute Gasteiger partial charge is 0.365 e. The molecule has 8 nitrogen and oxygen atoms in total. The first-order valence-corrected chi connectivity index (χ1v) is 9.08. The molecule has 0 aliphatic rings. The lowest BCUT2D eigenvalue weighted by molar-refractivity contribution is -0.384. The van der Waals surface area contributed by atoms with Gasteiger partial charge in [0.1, 0.15) is 5.71 Å². The first-order chi connectivity index (χ1) is 14.6. The van der Waals surface area contributed by atoms with E-state index in [1.807, 2.05) is 42.5 Å². The molecule has 0 radical (unpaired) electrons. The molecule has 0 aliphatic heterocycles. The summed E-state index contributed by atoms with van der Waals surface area (Å²) in [5.74, 6) is -0.775. The zero-order chi connectivity index (χ0) is 20.9. The Kier molecular flexibility index (Phi) is 5.29. The normalized spacial score (nSPS) is 11.4. The van der Waals surface area contributed by atoms with Crippen LogP contribution in [0, 0.1) is 10.1 Å². The van der Waals surface area contributed by atoms with Gasteiger partial charge >= 0.3 is 5.97 Å². The van der Waals surface area contributed by atoms with E-state index in [0.29, 0.717) is 12.3 Å². The third-order valence-corrected chi connectivity index (χ3v) is 4.51. The summed E-state index contributed by atoms with van der Waals surface area (Å²) in [4.78, 5) is 31.9. The molecular weight excluding hydrogens is 384 g/mol. The summed E-state index contributed by atoms with van der Waals surface area (Å²) in [5.41, 5.74) is 1.15. The number of nitro groups is 1. The van der Waals surface area contributed by atoms with Crippen LogP contribution in [0.25, 0.3) is 10.8 Å². The zero-order valence-electron chi connectivity index (χ0n) is 15.7. The molecule has 148 valence electrons. The number of hydrogen-bond donors (Lipinski definition) is 0. The Morgan fingerprint density at radius 3 is 2.63 bits per heavy atom. The van der Waals surface area contributed by atoms with E-state index < -0.39 is 10.9 Å². The van der Waals surface area contributed by atoms with Crippen LogP contribution in [0.15, 0.2) is 90.6 Å². The predicted octanol–water partition coefficient (Wildman–Crippen LogP) is 4.21. The van der Waals surface area contributed by atoms with Crippen LogP contribution in [0.3, 0.4) is 0 Å². The molecule has 0 bridgehead atoms. The van der Waals surface area contributed by atoms with Crippen molar-refractivity contribution >= 4 is 28.1 Å². The monoisotopic (exact) mass is 400 g/mol. The quantitative estimate of drug-likeness (QED) is 0.209. The van der Waals surface area contributed by atoms with E-state index in [9.17, 15) is 14.9 Å². The van der Waals surface area contributed by atoms with Crippen molar-refractivity contribution in [1.29, 1.82) is 0 Å². The summed E-state index contributed by atoms with van der Waals surface area (Å²) in [6.07, 6.45) is 5.06. The molecule has 1 aromatic heterocycles. The summed E-state index contributed by atoms with van der Waals surface area (Å²) < 4.78 is 1.80. The highest BCUT2D eigenvalue weighted by Gasteiger charge is 2.14. The number of oxime groups is 1. The minimum absolute atomic E-state index is 0.0495. The van der Waals surface area contributed by atoms with Gasteiger partial charge < -0.3 is 9.40 Å². The fourth-order valence-electron chi connectivity index (χ4n) is 2.99. The second-order valence-electron chi connectivity index (χ2n) is 6.52. The van der Waals surface area contributed by atoms with Gasteiger partial charge in [0, 0.05) is 30.1 Å². The molecular formula is C22H16N4O4. The average Bonchev–Trinajstić information content (AvgIpc) is 3.29. The fraction of sp³-hybridized carbons (Fsp3) is 0.0455. The summed E-state index contributed by atoms with van der Waals surface area (Å²) in [7, 11) is 0. The minimum Gasteiger partial charge on any atom is -0.331 e. The molecule has 0 saturated heterocycles.